The molecule has 0 unspecified atom stereocenters. The largest absolute Gasteiger partial charge is 0.384 e. The second-order valence-corrected chi connectivity index (χ2v) is 2.52. The van der Waals surface area contributed by atoms with E-state index in [0.717, 1.165) is 5.69 Å². The fourth-order valence-corrected chi connectivity index (χ4v) is 0.778. The van der Waals surface area contributed by atoms with Gasteiger partial charge in [0.2, 0.25) is 5.91 Å². The molecule has 1 aromatic heterocycles. The molecule has 12 heavy (non-hydrogen) atoms. The lowest BCUT2D eigenvalue weighted by molar-refractivity contribution is -0.116. The highest BCUT2D eigenvalue weighted by atomic mass is 16.2. The molecular weight excluding hydrogens is 154 g/mol. The van der Waals surface area contributed by atoms with Crippen LogP contribution in [0.2, 0.25) is 0 Å². The molecule has 1 rings (SSSR count). The van der Waals surface area contributed by atoms with Crippen LogP contribution in [0.5, 0.6) is 0 Å². The summed E-state index contributed by atoms with van der Waals surface area (Å²) in [5.41, 5.74) is 6.14. The summed E-state index contributed by atoms with van der Waals surface area (Å²) in [7, 11) is 1.69. The molecule has 0 aliphatic carbocycles. The van der Waals surface area contributed by atoms with Crippen LogP contribution in [0.25, 0.3) is 0 Å². The molecule has 1 aromatic rings. The summed E-state index contributed by atoms with van der Waals surface area (Å²) >= 11 is 0. The molecule has 0 bridgehead atoms. The lowest BCUT2D eigenvalue weighted by Gasteiger charge is -2.13. The summed E-state index contributed by atoms with van der Waals surface area (Å²) in [5, 5.41) is 0. The second kappa shape index (κ2) is 3.21. The van der Waals surface area contributed by atoms with Gasteiger partial charge in [-0.05, 0) is 12.1 Å². The topological polar surface area (TPSA) is 59.2 Å². The molecule has 0 radical (unpaired) electrons. The average Bonchev–Trinajstić information content (AvgIpc) is 2.04. The molecular formula is C8H11N3O. The molecule has 0 atom stereocenters. The summed E-state index contributed by atoms with van der Waals surface area (Å²) in [6.45, 7) is 1.50. The Balaban J connectivity index is 2.89. The van der Waals surface area contributed by atoms with Gasteiger partial charge in [0.1, 0.15) is 5.82 Å². The van der Waals surface area contributed by atoms with Crippen LogP contribution < -0.4 is 10.6 Å². The van der Waals surface area contributed by atoms with E-state index in [0.29, 0.717) is 5.82 Å². The van der Waals surface area contributed by atoms with Crippen molar-refractivity contribution in [3.63, 3.8) is 0 Å². The van der Waals surface area contributed by atoms with Crippen molar-refractivity contribution >= 4 is 17.4 Å². The zero-order valence-electron chi connectivity index (χ0n) is 7.11. The van der Waals surface area contributed by atoms with Crippen LogP contribution in [0.15, 0.2) is 18.3 Å². The zero-order valence-corrected chi connectivity index (χ0v) is 7.11. The van der Waals surface area contributed by atoms with Crippen molar-refractivity contribution in [3.8, 4) is 0 Å². The van der Waals surface area contributed by atoms with Crippen LogP contribution in [0.3, 0.4) is 0 Å². The molecule has 1 heterocycles. The Morgan fingerprint density at radius 2 is 2.25 bits per heavy atom. The van der Waals surface area contributed by atoms with Crippen LogP contribution in [0.4, 0.5) is 11.5 Å². The number of hydrogen-bond donors (Lipinski definition) is 1. The molecule has 0 aromatic carbocycles. The number of nitrogens with zero attached hydrogens (tertiary/aromatic N) is 2. The van der Waals surface area contributed by atoms with Crippen molar-refractivity contribution in [2.45, 2.75) is 6.92 Å². The summed E-state index contributed by atoms with van der Waals surface area (Å²) in [6, 6.07) is 3.42. The third kappa shape index (κ3) is 1.72. The van der Waals surface area contributed by atoms with Gasteiger partial charge < -0.3 is 10.6 Å². The molecule has 2 N–H and O–H groups in total. The van der Waals surface area contributed by atoms with Crippen molar-refractivity contribution in [3.05, 3.63) is 18.3 Å². The second-order valence-electron chi connectivity index (χ2n) is 2.52. The lowest BCUT2D eigenvalue weighted by atomic mass is 10.3. The number of rotatable bonds is 1. The smallest absolute Gasteiger partial charge is 0.223 e. The Hall–Kier alpha value is -1.58. The minimum atomic E-state index is -0.0263. The summed E-state index contributed by atoms with van der Waals surface area (Å²) in [6.07, 6.45) is 1.57. The van der Waals surface area contributed by atoms with E-state index in [1.54, 1.807) is 25.4 Å². The fraction of sp³-hybridized carbons (Fsp3) is 0.250. The number of anilines is 2. The first kappa shape index (κ1) is 8.52. The molecule has 64 valence electrons. The van der Waals surface area contributed by atoms with E-state index in [9.17, 15) is 4.79 Å². The van der Waals surface area contributed by atoms with E-state index in [2.05, 4.69) is 4.98 Å². The molecule has 4 heteroatoms. The molecule has 1 amide bonds. The van der Waals surface area contributed by atoms with E-state index >= 15 is 0 Å². The van der Waals surface area contributed by atoms with E-state index in [4.69, 9.17) is 5.73 Å². The summed E-state index contributed by atoms with van der Waals surface area (Å²) in [5.74, 6) is 0.428. The Kier molecular flexibility index (Phi) is 2.28. The highest BCUT2D eigenvalue weighted by Crippen LogP contribution is 2.11. The van der Waals surface area contributed by atoms with Crippen molar-refractivity contribution in [1.82, 2.24) is 4.98 Å². The minimum Gasteiger partial charge on any atom is -0.384 e. The maximum Gasteiger partial charge on any atom is 0.223 e. The van der Waals surface area contributed by atoms with Gasteiger partial charge >= 0.3 is 0 Å². The van der Waals surface area contributed by atoms with Gasteiger partial charge in [0.15, 0.2) is 0 Å². The number of pyridine rings is 1. The number of carbonyl (C=O) groups is 1. The van der Waals surface area contributed by atoms with Crippen LogP contribution >= 0.6 is 0 Å². The van der Waals surface area contributed by atoms with Gasteiger partial charge in [-0.25, -0.2) is 4.98 Å². The monoisotopic (exact) mass is 165 g/mol. The van der Waals surface area contributed by atoms with Crippen molar-refractivity contribution < 1.29 is 4.79 Å². The Bertz CT molecular complexity index is 281. The average molecular weight is 165 g/mol. The number of nitrogens with two attached hydrogens (primary N) is 1. The SMILES string of the molecule is CC(=O)N(C)c1ccc(N)nc1. The molecule has 0 fully saturated rings. The van der Waals surface area contributed by atoms with Gasteiger partial charge in [0.25, 0.3) is 0 Å². The fourth-order valence-electron chi connectivity index (χ4n) is 0.778. The maximum absolute atomic E-state index is 10.9. The highest BCUT2D eigenvalue weighted by molar-refractivity contribution is 5.90. The highest BCUT2D eigenvalue weighted by Gasteiger charge is 2.04. The number of aromatic nitrogens is 1. The molecule has 0 saturated heterocycles. The van der Waals surface area contributed by atoms with Gasteiger partial charge in [-0.1, -0.05) is 0 Å². The molecule has 4 nitrogen and oxygen atoms in total. The predicted octanol–water partition coefficient (Wildman–Crippen LogP) is 0.647. The maximum atomic E-state index is 10.9. The van der Waals surface area contributed by atoms with Crippen LogP contribution in [-0.2, 0) is 4.79 Å². The van der Waals surface area contributed by atoms with Crippen molar-refractivity contribution in [2.75, 3.05) is 17.7 Å². The van der Waals surface area contributed by atoms with E-state index in [1.165, 1.54) is 11.8 Å². The van der Waals surface area contributed by atoms with E-state index < -0.39 is 0 Å². The van der Waals surface area contributed by atoms with Gasteiger partial charge in [-0.15, -0.1) is 0 Å². The number of carbonyl (C=O) groups excluding carboxylic acids is 1. The molecule has 0 spiro atoms. The molecule has 0 aliphatic heterocycles. The van der Waals surface area contributed by atoms with Gasteiger partial charge in [-0.3, -0.25) is 4.79 Å². The first-order valence-corrected chi connectivity index (χ1v) is 3.57. The van der Waals surface area contributed by atoms with Crippen LogP contribution in [0.1, 0.15) is 6.92 Å². The van der Waals surface area contributed by atoms with Crippen LogP contribution in [-0.4, -0.2) is 17.9 Å². The first-order valence-electron chi connectivity index (χ1n) is 3.57. The molecule has 0 saturated carbocycles. The normalized spacial score (nSPS) is 9.50. The standard InChI is InChI=1S/C8H11N3O/c1-6(12)11(2)7-3-4-8(9)10-5-7/h3-5H,1-2H3,(H2,9,10). The van der Waals surface area contributed by atoms with Gasteiger partial charge in [0.05, 0.1) is 11.9 Å². The Labute approximate surface area is 71.0 Å². The summed E-state index contributed by atoms with van der Waals surface area (Å²) < 4.78 is 0. The third-order valence-corrected chi connectivity index (χ3v) is 1.63. The Morgan fingerprint density at radius 1 is 1.58 bits per heavy atom. The molecule has 0 aliphatic rings. The summed E-state index contributed by atoms with van der Waals surface area (Å²) in [4.78, 5) is 16.3. The number of nitrogen functional groups attached to an aromatic ring is 1. The third-order valence-electron chi connectivity index (χ3n) is 1.63. The quantitative estimate of drug-likeness (QED) is 0.664. The minimum absolute atomic E-state index is 0.0263. The predicted molar refractivity (Wildman–Crippen MR) is 47.7 cm³/mol. The number of hydrogen-bond acceptors (Lipinski definition) is 3. The van der Waals surface area contributed by atoms with Crippen LogP contribution in [0, 0.1) is 0 Å². The zero-order chi connectivity index (χ0) is 9.14. The first-order chi connectivity index (χ1) is 5.61. The van der Waals surface area contributed by atoms with E-state index in [1.807, 2.05) is 0 Å². The number of amides is 1. The van der Waals surface area contributed by atoms with Gasteiger partial charge in [-0.2, -0.15) is 0 Å². The van der Waals surface area contributed by atoms with Gasteiger partial charge in [0, 0.05) is 14.0 Å². The lowest BCUT2D eigenvalue weighted by Crippen LogP contribution is -2.22. The van der Waals surface area contributed by atoms with Crippen molar-refractivity contribution in [2.24, 2.45) is 0 Å². The Morgan fingerprint density at radius 3 is 2.67 bits per heavy atom. The van der Waals surface area contributed by atoms with Crippen molar-refractivity contribution in [1.29, 1.82) is 0 Å². The van der Waals surface area contributed by atoms with E-state index in [-0.39, 0.29) is 5.91 Å².